The van der Waals surface area contributed by atoms with Gasteiger partial charge in [0.1, 0.15) is 6.10 Å². The molecule has 0 unspecified atom stereocenters. The van der Waals surface area contributed by atoms with Crippen LogP contribution in [-0.2, 0) is 9.53 Å². The Hall–Kier alpha value is -1.09. The minimum atomic E-state index is -0.624. The fraction of sp³-hybridized carbons (Fsp3) is 0.667. The summed E-state index contributed by atoms with van der Waals surface area (Å²) in [5.41, 5.74) is 1.21. The molecule has 3 aliphatic rings. The fourth-order valence-electron chi connectivity index (χ4n) is 3.94. The maximum absolute atomic E-state index is 11.6. The first-order valence-electron chi connectivity index (χ1n) is 6.70. The predicted molar refractivity (Wildman–Crippen MR) is 67.7 cm³/mol. The summed E-state index contributed by atoms with van der Waals surface area (Å²) in [6, 6.07) is 0. The van der Waals surface area contributed by atoms with Crippen molar-refractivity contribution in [2.75, 3.05) is 0 Å². The van der Waals surface area contributed by atoms with Crippen molar-refractivity contribution in [3.63, 3.8) is 0 Å². The van der Waals surface area contributed by atoms with Gasteiger partial charge in [-0.3, -0.25) is 0 Å². The fourth-order valence-corrected chi connectivity index (χ4v) is 3.94. The van der Waals surface area contributed by atoms with Crippen molar-refractivity contribution in [3.8, 4) is 0 Å². The lowest BCUT2D eigenvalue weighted by molar-refractivity contribution is -0.137. The predicted octanol–water partition coefficient (Wildman–Crippen LogP) is 2.21. The summed E-state index contributed by atoms with van der Waals surface area (Å²) < 4.78 is 5.36. The number of carbonyl (C=O) groups excluding carboxylic acids is 1. The summed E-state index contributed by atoms with van der Waals surface area (Å²) in [5, 5.41) is 10.5. The summed E-state index contributed by atoms with van der Waals surface area (Å²) in [5.74, 6) is 0.421. The van der Waals surface area contributed by atoms with Crippen LogP contribution in [0.4, 0.5) is 0 Å². The second kappa shape index (κ2) is 3.70. The van der Waals surface area contributed by atoms with E-state index in [1.807, 2.05) is 6.92 Å². The van der Waals surface area contributed by atoms with E-state index in [4.69, 9.17) is 4.74 Å². The molecule has 0 radical (unpaired) electrons. The van der Waals surface area contributed by atoms with Crippen LogP contribution in [0.3, 0.4) is 0 Å². The molecular formula is C15H20O3. The normalized spacial score (nSPS) is 47.2. The van der Waals surface area contributed by atoms with Crippen LogP contribution in [-0.4, -0.2) is 22.8 Å². The summed E-state index contributed by atoms with van der Waals surface area (Å²) >= 11 is 0. The number of fused-ring (bicyclic) bond motifs is 2. The van der Waals surface area contributed by atoms with Gasteiger partial charge in [0.2, 0.25) is 0 Å². The molecule has 1 heterocycles. The van der Waals surface area contributed by atoms with Crippen LogP contribution < -0.4 is 0 Å². The van der Waals surface area contributed by atoms with Crippen LogP contribution in [0, 0.1) is 17.8 Å². The Bertz CT molecular complexity index is 447. The van der Waals surface area contributed by atoms with Gasteiger partial charge in [0.05, 0.1) is 5.60 Å². The molecule has 0 amide bonds. The first-order valence-corrected chi connectivity index (χ1v) is 6.70. The molecule has 1 aliphatic heterocycles. The summed E-state index contributed by atoms with van der Waals surface area (Å²) in [7, 11) is 0. The third-order valence-corrected chi connectivity index (χ3v) is 5.12. The van der Waals surface area contributed by atoms with Crippen molar-refractivity contribution in [1.82, 2.24) is 0 Å². The van der Waals surface area contributed by atoms with Crippen LogP contribution in [0.15, 0.2) is 23.8 Å². The van der Waals surface area contributed by atoms with Gasteiger partial charge in [-0.15, -0.1) is 0 Å². The number of carbonyl (C=O) groups is 1. The number of esters is 1. The van der Waals surface area contributed by atoms with Crippen LogP contribution in [0.25, 0.3) is 0 Å². The molecule has 3 rings (SSSR count). The van der Waals surface area contributed by atoms with Crippen LogP contribution in [0.5, 0.6) is 0 Å². The molecule has 0 aromatic carbocycles. The largest absolute Gasteiger partial charge is 0.454 e. The highest BCUT2D eigenvalue weighted by Crippen LogP contribution is 2.51. The Morgan fingerprint density at radius 1 is 1.50 bits per heavy atom. The number of hydrogen-bond donors (Lipinski definition) is 1. The Morgan fingerprint density at radius 3 is 2.94 bits per heavy atom. The number of hydrogen-bond acceptors (Lipinski definition) is 3. The monoisotopic (exact) mass is 248 g/mol. The molecule has 2 aliphatic carbocycles. The van der Waals surface area contributed by atoms with Crippen molar-refractivity contribution >= 4 is 5.97 Å². The molecular weight excluding hydrogens is 228 g/mol. The molecule has 3 nitrogen and oxygen atoms in total. The van der Waals surface area contributed by atoms with E-state index < -0.39 is 5.60 Å². The Balaban J connectivity index is 1.99. The molecule has 1 saturated heterocycles. The van der Waals surface area contributed by atoms with E-state index in [2.05, 4.69) is 19.6 Å². The SMILES string of the molecule is C=C1C(=O)O[C@H]2C=C(C)[C@H]3CC[C@@](C)(O)[C@@H]3C[C@@H]12. The molecule has 2 fully saturated rings. The second-order valence-corrected chi connectivity index (χ2v) is 6.26. The Morgan fingerprint density at radius 2 is 2.22 bits per heavy atom. The first-order chi connectivity index (χ1) is 8.40. The molecule has 0 bridgehead atoms. The topological polar surface area (TPSA) is 46.5 Å². The standard InChI is InChI=1S/C15H20O3/c1-8-6-13-11(9(2)14(16)18-13)7-12-10(8)4-5-15(12,3)17/h6,10-13,17H,2,4-5,7H2,1,3H3/t10-,11+,12-,13+,15-/m1/s1. The van der Waals surface area contributed by atoms with Crippen molar-refractivity contribution < 1.29 is 14.6 Å². The molecule has 0 spiro atoms. The van der Waals surface area contributed by atoms with E-state index >= 15 is 0 Å². The molecule has 0 aromatic heterocycles. The zero-order valence-corrected chi connectivity index (χ0v) is 11.0. The van der Waals surface area contributed by atoms with E-state index in [1.54, 1.807) is 0 Å². The molecule has 1 N–H and O–H groups in total. The third-order valence-electron chi connectivity index (χ3n) is 5.12. The lowest BCUT2D eigenvalue weighted by Gasteiger charge is -2.30. The van der Waals surface area contributed by atoms with Gasteiger partial charge >= 0.3 is 5.97 Å². The first kappa shape index (κ1) is 12.0. The quantitative estimate of drug-likeness (QED) is 0.406. The van der Waals surface area contributed by atoms with E-state index in [-0.39, 0.29) is 23.9 Å². The van der Waals surface area contributed by atoms with Gasteiger partial charge in [-0.05, 0) is 51.0 Å². The van der Waals surface area contributed by atoms with Gasteiger partial charge in [0, 0.05) is 11.5 Å². The maximum atomic E-state index is 11.6. The molecule has 18 heavy (non-hydrogen) atoms. The van der Waals surface area contributed by atoms with Gasteiger partial charge in [0.25, 0.3) is 0 Å². The van der Waals surface area contributed by atoms with Crippen molar-refractivity contribution in [2.45, 2.75) is 44.8 Å². The van der Waals surface area contributed by atoms with Gasteiger partial charge in [0.15, 0.2) is 0 Å². The average Bonchev–Trinajstić information content (AvgIpc) is 2.65. The third kappa shape index (κ3) is 1.57. The molecule has 5 atom stereocenters. The lowest BCUT2D eigenvalue weighted by Crippen LogP contribution is -2.33. The minimum absolute atomic E-state index is 0.0482. The zero-order valence-electron chi connectivity index (χ0n) is 11.0. The molecule has 3 heteroatoms. The smallest absolute Gasteiger partial charge is 0.334 e. The van der Waals surface area contributed by atoms with E-state index in [0.29, 0.717) is 11.5 Å². The summed E-state index contributed by atoms with van der Waals surface area (Å²) in [4.78, 5) is 11.6. The van der Waals surface area contributed by atoms with Gasteiger partial charge in [-0.25, -0.2) is 4.79 Å². The van der Waals surface area contributed by atoms with Crippen LogP contribution in [0.1, 0.15) is 33.1 Å². The van der Waals surface area contributed by atoms with Crippen molar-refractivity contribution in [3.05, 3.63) is 23.8 Å². The zero-order chi connectivity index (χ0) is 13.1. The minimum Gasteiger partial charge on any atom is -0.454 e. The number of ether oxygens (including phenoxy) is 1. The van der Waals surface area contributed by atoms with E-state index in [0.717, 1.165) is 19.3 Å². The summed E-state index contributed by atoms with van der Waals surface area (Å²) in [6.45, 7) is 7.88. The molecule has 98 valence electrons. The molecule has 0 aromatic rings. The van der Waals surface area contributed by atoms with Gasteiger partial charge < -0.3 is 9.84 Å². The van der Waals surface area contributed by atoms with Gasteiger partial charge in [-0.1, -0.05) is 12.2 Å². The van der Waals surface area contributed by atoms with E-state index in [1.165, 1.54) is 5.57 Å². The Kier molecular flexibility index (Phi) is 2.46. The maximum Gasteiger partial charge on any atom is 0.334 e. The van der Waals surface area contributed by atoms with E-state index in [9.17, 15) is 9.90 Å². The number of allylic oxidation sites excluding steroid dienone is 1. The average molecular weight is 248 g/mol. The summed E-state index contributed by atoms with van der Waals surface area (Å²) in [6.07, 6.45) is 4.59. The highest BCUT2D eigenvalue weighted by Gasteiger charge is 2.50. The Labute approximate surface area is 108 Å². The van der Waals surface area contributed by atoms with Crippen LogP contribution >= 0.6 is 0 Å². The highest BCUT2D eigenvalue weighted by atomic mass is 16.5. The van der Waals surface area contributed by atoms with Gasteiger partial charge in [-0.2, -0.15) is 0 Å². The molecule has 1 saturated carbocycles. The van der Waals surface area contributed by atoms with Crippen LogP contribution in [0.2, 0.25) is 0 Å². The van der Waals surface area contributed by atoms with Crippen molar-refractivity contribution in [1.29, 1.82) is 0 Å². The van der Waals surface area contributed by atoms with Crippen molar-refractivity contribution in [2.24, 2.45) is 17.8 Å². The second-order valence-electron chi connectivity index (χ2n) is 6.26. The highest BCUT2D eigenvalue weighted by molar-refractivity contribution is 5.91. The number of rotatable bonds is 0. The lowest BCUT2D eigenvalue weighted by atomic mass is 9.78. The number of aliphatic hydroxyl groups is 1.